The highest BCUT2D eigenvalue weighted by atomic mass is 16.7. The van der Waals surface area contributed by atoms with Crippen molar-refractivity contribution in [3.8, 4) is 17.2 Å². The van der Waals surface area contributed by atoms with Gasteiger partial charge in [0.05, 0.1) is 6.61 Å². The average molecular weight is 282 g/mol. The van der Waals surface area contributed by atoms with Crippen LogP contribution in [0.3, 0.4) is 0 Å². The minimum Gasteiger partial charge on any atom is -0.490 e. The Bertz CT molecular complexity index is 483. The Kier molecular flexibility index (Phi) is 4.68. The van der Waals surface area contributed by atoms with Crippen molar-refractivity contribution in [2.75, 3.05) is 26.6 Å². The minimum absolute atomic E-state index is 0.0538. The van der Waals surface area contributed by atoms with Gasteiger partial charge in [-0.25, -0.2) is 4.79 Å². The van der Waals surface area contributed by atoms with E-state index in [1.54, 1.807) is 0 Å². The summed E-state index contributed by atoms with van der Waals surface area (Å²) in [5, 5.41) is 9.16. The predicted octanol–water partition coefficient (Wildman–Crippen LogP) is 2.16. The van der Waals surface area contributed by atoms with E-state index in [1.807, 2.05) is 0 Å². The molecule has 0 saturated heterocycles. The van der Waals surface area contributed by atoms with Gasteiger partial charge in [0, 0.05) is 18.7 Å². The molecule has 1 heterocycles. The zero-order valence-electron chi connectivity index (χ0n) is 11.5. The van der Waals surface area contributed by atoms with E-state index in [9.17, 15) is 4.79 Å². The monoisotopic (exact) mass is 282 g/mol. The van der Waals surface area contributed by atoms with E-state index in [2.05, 4.69) is 13.8 Å². The van der Waals surface area contributed by atoms with E-state index >= 15 is 0 Å². The largest absolute Gasteiger partial charge is 0.490 e. The first kappa shape index (κ1) is 14.5. The summed E-state index contributed by atoms with van der Waals surface area (Å²) in [4.78, 5) is 11.2. The van der Waals surface area contributed by atoms with Crippen molar-refractivity contribution in [3.63, 3.8) is 0 Å². The first-order valence-electron chi connectivity index (χ1n) is 6.45. The molecule has 1 aliphatic rings. The molecule has 1 N–H and O–H groups in total. The van der Waals surface area contributed by atoms with Crippen molar-refractivity contribution in [2.45, 2.75) is 13.8 Å². The lowest BCUT2D eigenvalue weighted by molar-refractivity contribution is 0.0677. The number of benzene rings is 1. The topological polar surface area (TPSA) is 74.2 Å². The number of ether oxygens (including phenoxy) is 4. The van der Waals surface area contributed by atoms with Crippen LogP contribution in [0.2, 0.25) is 0 Å². The molecular formula is C14H18O6. The van der Waals surface area contributed by atoms with Crippen LogP contribution in [0.1, 0.15) is 24.2 Å². The summed E-state index contributed by atoms with van der Waals surface area (Å²) in [6, 6.07) is 2.95. The van der Waals surface area contributed by atoms with Crippen LogP contribution >= 0.6 is 0 Å². The normalized spacial score (nSPS) is 12.8. The second-order valence-electron chi connectivity index (χ2n) is 4.82. The predicted molar refractivity (Wildman–Crippen MR) is 70.7 cm³/mol. The third-order valence-corrected chi connectivity index (χ3v) is 2.64. The first-order chi connectivity index (χ1) is 9.58. The molecular weight excluding hydrogens is 264 g/mol. The Morgan fingerprint density at radius 1 is 1.30 bits per heavy atom. The molecule has 6 nitrogen and oxygen atoms in total. The minimum atomic E-state index is -1.07. The lowest BCUT2D eigenvalue weighted by Crippen LogP contribution is -2.12. The number of hydrogen-bond acceptors (Lipinski definition) is 5. The quantitative estimate of drug-likeness (QED) is 0.772. The summed E-state index contributed by atoms with van der Waals surface area (Å²) < 4.78 is 21.2. The van der Waals surface area contributed by atoms with Gasteiger partial charge in [0.2, 0.25) is 6.79 Å². The molecule has 0 aliphatic carbocycles. The van der Waals surface area contributed by atoms with Gasteiger partial charge in [-0.05, 0) is 5.92 Å². The number of hydrogen-bond donors (Lipinski definition) is 1. The fraction of sp³-hybridized carbons (Fsp3) is 0.500. The Labute approximate surface area is 117 Å². The molecule has 1 aliphatic heterocycles. The fourth-order valence-electron chi connectivity index (χ4n) is 1.74. The molecule has 110 valence electrons. The zero-order chi connectivity index (χ0) is 14.5. The van der Waals surface area contributed by atoms with E-state index in [1.165, 1.54) is 12.1 Å². The molecule has 0 atom stereocenters. The summed E-state index contributed by atoms with van der Waals surface area (Å²) in [6.45, 7) is 5.55. The number of rotatable bonds is 7. The summed E-state index contributed by atoms with van der Waals surface area (Å²) in [6.07, 6.45) is 0. The molecule has 1 aromatic carbocycles. The highest BCUT2D eigenvalue weighted by Crippen LogP contribution is 2.38. The van der Waals surface area contributed by atoms with Crippen molar-refractivity contribution >= 4 is 5.97 Å². The van der Waals surface area contributed by atoms with Crippen molar-refractivity contribution in [3.05, 3.63) is 17.7 Å². The highest BCUT2D eigenvalue weighted by Gasteiger charge is 2.21. The van der Waals surface area contributed by atoms with E-state index in [0.29, 0.717) is 30.6 Å². The molecule has 0 spiro atoms. The number of carbonyl (C=O) groups is 1. The van der Waals surface area contributed by atoms with E-state index in [0.717, 1.165) is 0 Å². The van der Waals surface area contributed by atoms with Crippen LogP contribution < -0.4 is 14.2 Å². The van der Waals surface area contributed by atoms with E-state index in [4.69, 9.17) is 24.1 Å². The number of carboxylic acids is 1. The van der Waals surface area contributed by atoms with Crippen LogP contribution in [-0.4, -0.2) is 37.7 Å². The Hall–Kier alpha value is -1.95. The van der Waals surface area contributed by atoms with Crippen LogP contribution in [-0.2, 0) is 4.74 Å². The van der Waals surface area contributed by atoms with Crippen LogP contribution in [0.5, 0.6) is 17.2 Å². The number of fused-ring (bicyclic) bond motifs is 1. The third kappa shape index (κ3) is 3.54. The maximum absolute atomic E-state index is 11.2. The molecule has 2 rings (SSSR count). The second-order valence-corrected chi connectivity index (χ2v) is 4.82. The van der Waals surface area contributed by atoms with Gasteiger partial charge in [0.15, 0.2) is 11.5 Å². The lowest BCUT2D eigenvalue weighted by Gasteiger charge is -2.11. The van der Waals surface area contributed by atoms with Gasteiger partial charge in [-0.1, -0.05) is 13.8 Å². The van der Waals surface area contributed by atoms with Gasteiger partial charge in [-0.3, -0.25) is 0 Å². The number of aromatic carboxylic acids is 1. The second kappa shape index (κ2) is 6.47. The van der Waals surface area contributed by atoms with Crippen molar-refractivity contribution < 1.29 is 28.8 Å². The van der Waals surface area contributed by atoms with Gasteiger partial charge >= 0.3 is 5.97 Å². The van der Waals surface area contributed by atoms with Gasteiger partial charge < -0.3 is 24.1 Å². The van der Waals surface area contributed by atoms with Crippen molar-refractivity contribution in [1.82, 2.24) is 0 Å². The molecule has 1 aromatic rings. The van der Waals surface area contributed by atoms with Crippen molar-refractivity contribution in [1.29, 1.82) is 0 Å². The van der Waals surface area contributed by atoms with Crippen LogP contribution in [0.15, 0.2) is 12.1 Å². The number of carboxylic acid groups (broad SMARTS) is 1. The Morgan fingerprint density at radius 2 is 2.00 bits per heavy atom. The Balaban J connectivity index is 1.98. The maximum Gasteiger partial charge on any atom is 0.339 e. The summed E-state index contributed by atoms with van der Waals surface area (Å²) in [5.41, 5.74) is 0.0538. The summed E-state index contributed by atoms with van der Waals surface area (Å²) in [5.74, 6) is 0.560. The molecule has 0 unspecified atom stereocenters. The molecule has 0 saturated carbocycles. The van der Waals surface area contributed by atoms with Crippen LogP contribution in [0.4, 0.5) is 0 Å². The van der Waals surface area contributed by atoms with Crippen LogP contribution in [0, 0.1) is 5.92 Å². The molecule has 6 heteroatoms. The smallest absolute Gasteiger partial charge is 0.339 e. The third-order valence-electron chi connectivity index (χ3n) is 2.64. The molecule has 0 amide bonds. The summed E-state index contributed by atoms with van der Waals surface area (Å²) >= 11 is 0. The molecule has 0 bridgehead atoms. The van der Waals surface area contributed by atoms with Gasteiger partial charge in [-0.15, -0.1) is 0 Å². The van der Waals surface area contributed by atoms with E-state index < -0.39 is 5.97 Å². The van der Waals surface area contributed by atoms with Gasteiger partial charge in [-0.2, -0.15) is 0 Å². The van der Waals surface area contributed by atoms with Gasteiger partial charge in [0.25, 0.3) is 0 Å². The highest BCUT2D eigenvalue weighted by molar-refractivity contribution is 5.92. The molecule has 0 fully saturated rings. The standard InChI is InChI=1S/C14H18O6/c1-9(2)7-17-3-4-18-11-6-13-12(19-8-20-13)5-10(11)14(15)16/h5-6,9H,3-4,7-8H2,1-2H3,(H,15,16). The summed E-state index contributed by atoms with van der Waals surface area (Å²) in [7, 11) is 0. The molecule has 20 heavy (non-hydrogen) atoms. The van der Waals surface area contributed by atoms with Gasteiger partial charge in [0.1, 0.15) is 17.9 Å². The molecule has 0 radical (unpaired) electrons. The first-order valence-corrected chi connectivity index (χ1v) is 6.45. The van der Waals surface area contributed by atoms with Crippen LogP contribution in [0.25, 0.3) is 0 Å². The fourth-order valence-corrected chi connectivity index (χ4v) is 1.74. The van der Waals surface area contributed by atoms with Crippen molar-refractivity contribution in [2.24, 2.45) is 5.92 Å². The van der Waals surface area contributed by atoms with E-state index in [-0.39, 0.29) is 24.7 Å². The zero-order valence-corrected chi connectivity index (χ0v) is 11.5. The average Bonchev–Trinajstić information content (AvgIpc) is 2.83. The molecule has 0 aromatic heterocycles. The lowest BCUT2D eigenvalue weighted by atomic mass is 10.2. The SMILES string of the molecule is CC(C)COCCOc1cc2c(cc1C(=O)O)OCO2. The maximum atomic E-state index is 11.2. The Morgan fingerprint density at radius 3 is 2.65 bits per heavy atom.